The van der Waals surface area contributed by atoms with Gasteiger partial charge in [-0.15, -0.1) is 0 Å². The maximum absolute atomic E-state index is 6.15. The van der Waals surface area contributed by atoms with Crippen LogP contribution in [-0.2, 0) is 0 Å². The molecule has 2 aromatic carbocycles. The maximum atomic E-state index is 6.15. The predicted molar refractivity (Wildman–Crippen MR) is 113 cm³/mol. The Balaban J connectivity index is 1.66. The SMILES string of the molecule is Clc1cccc(Nc2nc(N3CCCC3)nc3c2cnn3-c2ccccc2)c1. The van der Waals surface area contributed by atoms with E-state index in [1.807, 2.05) is 65.5 Å². The minimum atomic E-state index is 0.676. The lowest BCUT2D eigenvalue weighted by atomic mass is 10.3. The fraction of sp³-hybridized carbons (Fsp3) is 0.190. The number of para-hydroxylation sites is 1. The van der Waals surface area contributed by atoms with Gasteiger partial charge in [-0.3, -0.25) is 0 Å². The van der Waals surface area contributed by atoms with E-state index in [-0.39, 0.29) is 0 Å². The molecule has 28 heavy (non-hydrogen) atoms. The third-order valence-electron chi connectivity index (χ3n) is 4.89. The van der Waals surface area contributed by atoms with Gasteiger partial charge in [0.15, 0.2) is 5.65 Å². The Labute approximate surface area is 167 Å². The van der Waals surface area contributed by atoms with Crippen molar-refractivity contribution in [2.45, 2.75) is 12.8 Å². The summed E-state index contributed by atoms with van der Waals surface area (Å²) in [6, 6.07) is 17.6. The minimum absolute atomic E-state index is 0.676. The third-order valence-corrected chi connectivity index (χ3v) is 5.13. The van der Waals surface area contributed by atoms with Crippen LogP contribution in [-0.4, -0.2) is 32.8 Å². The van der Waals surface area contributed by atoms with Crippen molar-refractivity contribution >= 4 is 40.1 Å². The molecule has 0 saturated carbocycles. The highest BCUT2D eigenvalue weighted by Gasteiger charge is 2.20. The molecule has 0 amide bonds. The van der Waals surface area contributed by atoms with Crippen LogP contribution in [0.3, 0.4) is 0 Å². The molecule has 5 rings (SSSR count). The van der Waals surface area contributed by atoms with Gasteiger partial charge in [0.1, 0.15) is 5.82 Å². The number of benzene rings is 2. The highest BCUT2D eigenvalue weighted by Crippen LogP contribution is 2.29. The Bertz CT molecular complexity index is 1120. The van der Waals surface area contributed by atoms with E-state index < -0.39 is 0 Å². The number of anilines is 3. The van der Waals surface area contributed by atoms with Gasteiger partial charge in [0.2, 0.25) is 5.95 Å². The van der Waals surface area contributed by atoms with Gasteiger partial charge in [-0.2, -0.15) is 15.1 Å². The Morgan fingerprint density at radius 2 is 1.75 bits per heavy atom. The van der Waals surface area contributed by atoms with Crippen LogP contribution in [0.2, 0.25) is 5.02 Å². The second-order valence-electron chi connectivity index (χ2n) is 6.83. The lowest BCUT2D eigenvalue weighted by molar-refractivity contribution is 0.873. The molecule has 1 fully saturated rings. The summed E-state index contributed by atoms with van der Waals surface area (Å²) in [6.07, 6.45) is 4.13. The van der Waals surface area contributed by atoms with Crippen LogP contribution in [0.5, 0.6) is 0 Å². The number of nitrogens with one attached hydrogen (secondary N) is 1. The minimum Gasteiger partial charge on any atom is -0.341 e. The van der Waals surface area contributed by atoms with Crippen LogP contribution in [0.15, 0.2) is 60.8 Å². The van der Waals surface area contributed by atoms with Crippen molar-refractivity contribution < 1.29 is 0 Å². The zero-order chi connectivity index (χ0) is 18.9. The predicted octanol–water partition coefficient (Wildman–Crippen LogP) is 4.81. The van der Waals surface area contributed by atoms with E-state index in [4.69, 9.17) is 21.6 Å². The van der Waals surface area contributed by atoms with Gasteiger partial charge < -0.3 is 10.2 Å². The van der Waals surface area contributed by atoms with Crippen LogP contribution in [0, 0.1) is 0 Å². The van der Waals surface area contributed by atoms with Gasteiger partial charge >= 0.3 is 0 Å². The van der Waals surface area contributed by atoms with Crippen molar-refractivity contribution in [2.24, 2.45) is 0 Å². The van der Waals surface area contributed by atoms with Gasteiger partial charge in [0, 0.05) is 23.8 Å². The van der Waals surface area contributed by atoms with E-state index >= 15 is 0 Å². The molecule has 6 nitrogen and oxygen atoms in total. The van der Waals surface area contributed by atoms with E-state index in [0.717, 1.165) is 60.1 Å². The first-order valence-corrected chi connectivity index (χ1v) is 9.74. The molecule has 0 radical (unpaired) electrons. The first-order valence-electron chi connectivity index (χ1n) is 9.37. The lowest BCUT2D eigenvalue weighted by Crippen LogP contribution is -2.21. The monoisotopic (exact) mass is 390 g/mol. The molecular formula is C21H19ClN6. The largest absolute Gasteiger partial charge is 0.341 e. The first-order chi connectivity index (χ1) is 13.8. The van der Waals surface area contributed by atoms with Crippen LogP contribution in [0.25, 0.3) is 16.7 Å². The molecule has 7 heteroatoms. The smallest absolute Gasteiger partial charge is 0.229 e. The first kappa shape index (κ1) is 17.0. The van der Waals surface area contributed by atoms with Crippen molar-refractivity contribution in [1.29, 1.82) is 0 Å². The lowest BCUT2D eigenvalue weighted by Gasteiger charge is -2.17. The van der Waals surface area contributed by atoms with Gasteiger partial charge in [-0.25, -0.2) is 4.68 Å². The average molecular weight is 391 g/mol. The summed E-state index contributed by atoms with van der Waals surface area (Å²) in [5, 5.41) is 9.53. The highest BCUT2D eigenvalue weighted by atomic mass is 35.5. The molecule has 0 bridgehead atoms. The van der Waals surface area contributed by atoms with Crippen molar-refractivity contribution in [3.63, 3.8) is 0 Å². The molecule has 0 unspecified atom stereocenters. The van der Waals surface area contributed by atoms with E-state index in [1.54, 1.807) is 0 Å². The van der Waals surface area contributed by atoms with E-state index in [0.29, 0.717) is 5.02 Å². The molecule has 0 spiro atoms. The number of halogens is 1. The third kappa shape index (κ3) is 3.16. The fourth-order valence-electron chi connectivity index (χ4n) is 3.51. The maximum Gasteiger partial charge on any atom is 0.229 e. The van der Waals surface area contributed by atoms with Crippen LogP contribution >= 0.6 is 11.6 Å². The Morgan fingerprint density at radius 3 is 2.54 bits per heavy atom. The van der Waals surface area contributed by atoms with E-state index in [1.165, 1.54) is 0 Å². The van der Waals surface area contributed by atoms with Crippen molar-refractivity contribution in [3.05, 3.63) is 65.8 Å². The normalized spacial score (nSPS) is 14.0. The molecular weight excluding hydrogens is 372 g/mol. The molecule has 0 atom stereocenters. The number of nitrogens with zero attached hydrogens (tertiary/aromatic N) is 5. The molecule has 4 aromatic rings. The number of hydrogen-bond donors (Lipinski definition) is 1. The second-order valence-corrected chi connectivity index (χ2v) is 7.27. The van der Waals surface area contributed by atoms with Gasteiger partial charge in [-0.05, 0) is 43.2 Å². The number of aromatic nitrogens is 4. The van der Waals surface area contributed by atoms with Crippen LogP contribution in [0.4, 0.5) is 17.5 Å². The molecule has 1 aliphatic heterocycles. The Morgan fingerprint density at radius 1 is 0.929 bits per heavy atom. The summed E-state index contributed by atoms with van der Waals surface area (Å²) in [6.45, 7) is 1.95. The second kappa shape index (κ2) is 7.13. The summed E-state index contributed by atoms with van der Waals surface area (Å²) in [5.41, 5.74) is 2.64. The van der Waals surface area contributed by atoms with Gasteiger partial charge in [-0.1, -0.05) is 35.9 Å². The zero-order valence-corrected chi connectivity index (χ0v) is 16.0. The Hall–Kier alpha value is -3.12. The molecule has 1 aliphatic rings. The van der Waals surface area contributed by atoms with Crippen molar-refractivity contribution in [3.8, 4) is 5.69 Å². The number of rotatable bonds is 4. The quantitative estimate of drug-likeness (QED) is 0.541. The summed E-state index contributed by atoms with van der Waals surface area (Å²) < 4.78 is 1.86. The molecule has 1 saturated heterocycles. The topological polar surface area (TPSA) is 58.9 Å². The molecule has 2 aromatic heterocycles. The highest BCUT2D eigenvalue weighted by molar-refractivity contribution is 6.30. The standard InChI is InChI=1S/C21H19ClN6/c22-15-7-6-8-16(13-15)24-19-18-14-23-28(17-9-2-1-3-10-17)20(18)26-21(25-19)27-11-4-5-12-27/h1-3,6-10,13-14H,4-5,11-12H2,(H,24,25,26). The molecule has 1 N–H and O–H groups in total. The average Bonchev–Trinajstić information content (AvgIpc) is 3.39. The van der Waals surface area contributed by atoms with E-state index in [2.05, 4.69) is 15.3 Å². The molecule has 3 heterocycles. The van der Waals surface area contributed by atoms with Gasteiger partial charge in [0.05, 0.1) is 17.3 Å². The number of hydrogen-bond acceptors (Lipinski definition) is 5. The Kier molecular flexibility index (Phi) is 4.33. The summed E-state index contributed by atoms with van der Waals surface area (Å²) in [4.78, 5) is 11.9. The summed E-state index contributed by atoms with van der Waals surface area (Å²) in [5.74, 6) is 1.46. The van der Waals surface area contributed by atoms with Crippen LogP contribution in [0.1, 0.15) is 12.8 Å². The van der Waals surface area contributed by atoms with Crippen molar-refractivity contribution in [1.82, 2.24) is 19.7 Å². The van der Waals surface area contributed by atoms with Crippen LogP contribution < -0.4 is 10.2 Å². The molecule has 140 valence electrons. The summed E-state index contributed by atoms with van der Waals surface area (Å²) >= 11 is 6.15. The van der Waals surface area contributed by atoms with Gasteiger partial charge in [0.25, 0.3) is 0 Å². The number of fused-ring (bicyclic) bond motifs is 1. The van der Waals surface area contributed by atoms with E-state index in [9.17, 15) is 0 Å². The summed E-state index contributed by atoms with van der Waals surface area (Å²) in [7, 11) is 0. The van der Waals surface area contributed by atoms with Crippen molar-refractivity contribution in [2.75, 3.05) is 23.3 Å². The zero-order valence-electron chi connectivity index (χ0n) is 15.2. The fourth-order valence-corrected chi connectivity index (χ4v) is 3.70. The molecule has 0 aliphatic carbocycles.